The molecule has 0 saturated carbocycles. The summed E-state index contributed by atoms with van der Waals surface area (Å²) in [6, 6.07) is 8.01. The van der Waals surface area contributed by atoms with E-state index in [2.05, 4.69) is 28.3 Å². The molecule has 0 radical (unpaired) electrons. The summed E-state index contributed by atoms with van der Waals surface area (Å²) in [5.41, 5.74) is 4.63. The lowest BCUT2D eigenvalue weighted by Crippen LogP contribution is -2.29. The molecule has 2 heterocycles. The summed E-state index contributed by atoms with van der Waals surface area (Å²) in [7, 11) is 0. The van der Waals surface area contributed by atoms with Crippen molar-refractivity contribution < 1.29 is 4.79 Å². The van der Waals surface area contributed by atoms with Crippen LogP contribution in [0.3, 0.4) is 0 Å². The van der Waals surface area contributed by atoms with Gasteiger partial charge in [0.1, 0.15) is 0 Å². The first-order valence-electron chi connectivity index (χ1n) is 6.38. The fourth-order valence-electron chi connectivity index (χ4n) is 2.39. The van der Waals surface area contributed by atoms with Crippen molar-refractivity contribution >= 4 is 22.9 Å². The first-order valence-corrected chi connectivity index (χ1v) is 7.32. The van der Waals surface area contributed by atoms with E-state index in [1.165, 1.54) is 11.1 Å². The lowest BCUT2D eigenvalue weighted by Gasteiger charge is -2.11. The van der Waals surface area contributed by atoms with Crippen molar-refractivity contribution in [2.45, 2.75) is 19.4 Å². The van der Waals surface area contributed by atoms with Crippen molar-refractivity contribution in [2.24, 2.45) is 0 Å². The Kier molecular flexibility index (Phi) is 3.25. The fraction of sp³-hybridized carbons (Fsp3) is 0.267. The van der Waals surface area contributed by atoms with Crippen molar-refractivity contribution in [2.75, 3.05) is 11.9 Å². The number of hydrogen-bond donors (Lipinski definition) is 2. The zero-order valence-corrected chi connectivity index (χ0v) is 11.6. The molecule has 0 aliphatic carbocycles. The zero-order valence-electron chi connectivity index (χ0n) is 10.8. The average Bonchev–Trinajstić information content (AvgIpc) is 3.02. The second kappa shape index (κ2) is 5.05. The maximum Gasteiger partial charge on any atom is 0.229 e. The van der Waals surface area contributed by atoms with E-state index < -0.39 is 0 Å². The number of fused-ring (bicyclic) bond motifs is 1. The van der Waals surface area contributed by atoms with Crippen molar-refractivity contribution in [1.29, 1.82) is 0 Å². The van der Waals surface area contributed by atoms with Crippen LogP contribution in [0.4, 0.5) is 5.69 Å². The number of aryl methyl sites for hydroxylation is 1. The van der Waals surface area contributed by atoms with E-state index in [-0.39, 0.29) is 11.8 Å². The highest BCUT2D eigenvalue weighted by Gasteiger charge is 2.27. The minimum absolute atomic E-state index is 0.0739. The number of benzene rings is 1. The van der Waals surface area contributed by atoms with Gasteiger partial charge in [0.2, 0.25) is 5.91 Å². The molecule has 1 atom stereocenters. The third-order valence-corrected chi connectivity index (χ3v) is 4.47. The van der Waals surface area contributed by atoms with E-state index in [1.54, 1.807) is 11.3 Å². The van der Waals surface area contributed by atoms with Gasteiger partial charge in [0, 0.05) is 18.8 Å². The molecular formula is C15H16N2OS. The van der Waals surface area contributed by atoms with Crippen molar-refractivity contribution in [3.63, 3.8) is 0 Å². The highest BCUT2D eigenvalue weighted by molar-refractivity contribution is 7.08. The van der Waals surface area contributed by atoms with E-state index in [9.17, 15) is 4.79 Å². The molecule has 2 N–H and O–H groups in total. The van der Waals surface area contributed by atoms with Gasteiger partial charge in [0.15, 0.2) is 0 Å². The quantitative estimate of drug-likeness (QED) is 0.902. The zero-order chi connectivity index (χ0) is 13.2. The number of nitrogens with one attached hydrogen (secondary N) is 2. The van der Waals surface area contributed by atoms with Gasteiger partial charge in [-0.25, -0.2) is 0 Å². The van der Waals surface area contributed by atoms with Crippen LogP contribution < -0.4 is 10.6 Å². The van der Waals surface area contributed by atoms with Crippen LogP contribution in [0.2, 0.25) is 0 Å². The number of amides is 1. The van der Waals surface area contributed by atoms with Gasteiger partial charge in [-0.3, -0.25) is 4.79 Å². The molecule has 98 valence electrons. The normalized spacial score (nSPS) is 16.8. The summed E-state index contributed by atoms with van der Waals surface area (Å²) in [6.07, 6.45) is 0. The van der Waals surface area contributed by atoms with Gasteiger partial charge in [-0.15, -0.1) is 0 Å². The molecule has 0 spiro atoms. The maximum absolute atomic E-state index is 12.3. The minimum Gasteiger partial charge on any atom is -0.384 e. The first-order chi connectivity index (χ1) is 9.25. The van der Waals surface area contributed by atoms with Crippen LogP contribution in [-0.2, 0) is 11.3 Å². The summed E-state index contributed by atoms with van der Waals surface area (Å²) in [6.45, 7) is 3.38. The van der Waals surface area contributed by atoms with Gasteiger partial charge in [-0.05, 0) is 40.4 Å². The highest BCUT2D eigenvalue weighted by atomic mass is 32.1. The van der Waals surface area contributed by atoms with Gasteiger partial charge in [-0.1, -0.05) is 18.2 Å². The van der Waals surface area contributed by atoms with Crippen LogP contribution in [0.1, 0.15) is 22.6 Å². The molecule has 1 amide bonds. The third kappa shape index (κ3) is 2.36. The molecule has 4 heteroatoms. The van der Waals surface area contributed by atoms with Crippen LogP contribution in [-0.4, -0.2) is 12.5 Å². The molecule has 19 heavy (non-hydrogen) atoms. The minimum atomic E-state index is -0.0739. The molecule has 3 rings (SSSR count). The number of para-hydroxylation sites is 1. The van der Waals surface area contributed by atoms with Crippen molar-refractivity contribution in [3.8, 4) is 0 Å². The van der Waals surface area contributed by atoms with E-state index in [0.717, 1.165) is 11.3 Å². The topological polar surface area (TPSA) is 41.1 Å². The van der Waals surface area contributed by atoms with Gasteiger partial charge < -0.3 is 10.6 Å². The number of anilines is 1. The summed E-state index contributed by atoms with van der Waals surface area (Å²) >= 11 is 1.68. The number of hydrogen-bond acceptors (Lipinski definition) is 3. The smallest absolute Gasteiger partial charge is 0.229 e. The number of rotatable bonds is 3. The molecular weight excluding hydrogens is 256 g/mol. The van der Waals surface area contributed by atoms with Gasteiger partial charge in [0.25, 0.3) is 0 Å². The molecule has 0 bridgehead atoms. The Morgan fingerprint density at radius 3 is 3.05 bits per heavy atom. The summed E-state index contributed by atoms with van der Waals surface area (Å²) < 4.78 is 0. The lowest BCUT2D eigenvalue weighted by atomic mass is 10.0. The molecule has 2 aromatic rings. The fourth-order valence-corrected chi connectivity index (χ4v) is 3.25. The standard InChI is InChI=1S/C15H16N2OS/c1-10-8-19-9-11(10)6-17-15(18)13-7-16-14-5-3-2-4-12(13)14/h2-5,8-9,13,16H,6-7H2,1H3,(H,17,18). The van der Waals surface area contributed by atoms with Crippen LogP contribution in [0, 0.1) is 6.92 Å². The van der Waals surface area contributed by atoms with Gasteiger partial charge in [-0.2, -0.15) is 11.3 Å². The summed E-state index contributed by atoms with van der Waals surface area (Å²) in [5.74, 6) is 0.0261. The van der Waals surface area contributed by atoms with E-state index >= 15 is 0 Å². The molecule has 1 aromatic carbocycles. The largest absolute Gasteiger partial charge is 0.384 e. The Morgan fingerprint density at radius 1 is 1.42 bits per heavy atom. The molecule has 0 saturated heterocycles. The highest BCUT2D eigenvalue weighted by Crippen LogP contribution is 2.31. The average molecular weight is 272 g/mol. The molecule has 1 unspecified atom stereocenters. The molecule has 3 nitrogen and oxygen atoms in total. The van der Waals surface area contributed by atoms with Crippen LogP contribution in [0.5, 0.6) is 0 Å². The predicted molar refractivity (Wildman–Crippen MR) is 78.6 cm³/mol. The van der Waals surface area contributed by atoms with Crippen molar-refractivity contribution in [3.05, 3.63) is 51.7 Å². The molecule has 0 fully saturated rings. The second-order valence-corrected chi connectivity index (χ2v) is 5.56. The molecule has 1 aliphatic rings. The van der Waals surface area contributed by atoms with Crippen molar-refractivity contribution in [1.82, 2.24) is 5.32 Å². The molecule has 1 aliphatic heterocycles. The maximum atomic E-state index is 12.3. The van der Waals surface area contributed by atoms with Crippen LogP contribution >= 0.6 is 11.3 Å². The SMILES string of the molecule is Cc1cscc1CNC(=O)C1CNc2ccccc21. The Bertz CT molecular complexity index is 606. The number of carbonyl (C=O) groups is 1. The Labute approximate surface area is 116 Å². The summed E-state index contributed by atoms with van der Waals surface area (Å²) in [5, 5.41) is 10.5. The van der Waals surface area contributed by atoms with Crippen LogP contribution in [0.25, 0.3) is 0 Å². The Morgan fingerprint density at radius 2 is 2.26 bits per heavy atom. The Hall–Kier alpha value is -1.81. The first kappa shape index (κ1) is 12.2. The van der Waals surface area contributed by atoms with E-state index in [1.807, 2.05) is 24.3 Å². The molecule has 1 aromatic heterocycles. The van der Waals surface area contributed by atoms with E-state index in [0.29, 0.717) is 13.1 Å². The van der Waals surface area contributed by atoms with Gasteiger partial charge in [0.05, 0.1) is 5.92 Å². The predicted octanol–water partition coefficient (Wildman–Crippen LogP) is 2.88. The number of carbonyl (C=O) groups excluding carboxylic acids is 1. The Balaban J connectivity index is 1.68. The van der Waals surface area contributed by atoms with Crippen LogP contribution in [0.15, 0.2) is 35.0 Å². The van der Waals surface area contributed by atoms with Gasteiger partial charge >= 0.3 is 0 Å². The third-order valence-electron chi connectivity index (χ3n) is 3.56. The summed E-state index contributed by atoms with van der Waals surface area (Å²) in [4.78, 5) is 12.3. The monoisotopic (exact) mass is 272 g/mol. The second-order valence-electron chi connectivity index (χ2n) is 4.82. The van der Waals surface area contributed by atoms with E-state index in [4.69, 9.17) is 0 Å². The lowest BCUT2D eigenvalue weighted by molar-refractivity contribution is -0.122. The number of thiophene rings is 1.